The van der Waals surface area contributed by atoms with Crippen LogP contribution in [0.15, 0.2) is 52.3 Å². The second kappa shape index (κ2) is 6.42. The molecule has 0 bridgehead atoms. The summed E-state index contributed by atoms with van der Waals surface area (Å²) in [6.07, 6.45) is 0. The van der Waals surface area contributed by atoms with Gasteiger partial charge in [-0.3, -0.25) is 0 Å². The molecule has 4 heteroatoms. The highest BCUT2D eigenvalue weighted by atomic mass is 35.5. The number of hydrogen-bond donors (Lipinski definition) is 1. The van der Waals surface area contributed by atoms with Crippen molar-refractivity contribution >= 4 is 23.4 Å². The van der Waals surface area contributed by atoms with E-state index in [1.807, 2.05) is 44.3 Å². The first-order valence-electron chi connectivity index (χ1n) is 6.01. The van der Waals surface area contributed by atoms with E-state index in [2.05, 4.69) is 5.32 Å². The first-order valence-corrected chi connectivity index (χ1v) is 7.20. The lowest BCUT2D eigenvalue weighted by Crippen LogP contribution is -2.14. The van der Waals surface area contributed by atoms with Crippen molar-refractivity contribution in [1.82, 2.24) is 5.32 Å². The SMILES string of the molecule is CNC(C)c1c(F)cccc1Sc1ccc(Cl)cc1. The topological polar surface area (TPSA) is 12.0 Å². The lowest BCUT2D eigenvalue weighted by molar-refractivity contribution is 0.552. The molecule has 1 atom stereocenters. The predicted octanol–water partition coefficient (Wildman–Crippen LogP) is 4.91. The molecule has 0 spiro atoms. The Hall–Kier alpha value is -1.03. The van der Waals surface area contributed by atoms with Crippen molar-refractivity contribution in [2.45, 2.75) is 22.8 Å². The van der Waals surface area contributed by atoms with Gasteiger partial charge in [0.1, 0.15) is 5.82 Å². The predicted molar refractivity (Wildman–Crippen MR) is 79.4 cm³/mol. The number of rotatable bonds is 4. The third-order valence-corrected chi connectivity index (χ3v) is 4.26. The fraction of sp³-hybridized carbons (Fsp3) is 0.200. The summed E-state index contributed by atoms with van der Waals surface area (Å²) in [7, 11) is 1.83. The average molecular weight is 296 g/mol. The monoisotopic (exact) mass is 295 g/mol. The molecule has 100 valence electrons. The second-order valence-corrected chi connectivity index (χ2v) is 5.77. The van der Waals surface area contributed by atoms with E-state index in [9.17, 15) is 4.39 Å². The highest BCUT2D eigenvalue weighted by Gasteiger charge is 2.14. The van der Waals surface area contributed by atoms with Crippen LogP contribution in [0.4, 0.5) is 4.39 Å². The third-order valence-electron chi connectivity index (χ3n) is 2.92. The average Bonchev–Trinajstić information content (AvgIpc) is 2.41. The first kappa shape index (κ1) is 14.4. The maximum Gasteiger partial charge on any atom is 0.129 e. The molecule has 0 aromatic heterocycles. The molecule has 0 aliphatic rings. The molecule has 1 N–H and O–H groups in total. The van der Waals surface area contributed by atoms with Gasteiger partial charge in [0, 0.05) is 26.4 Å². The molecule has 19 heavy (non-hydrogen) atoms. The summed E-state index contributed by atoms with van der Waals surface area (Å²) in [6, 6.07) is 12.7. The van der Waals surface area contributed by atoms with Crippen LogP contribution in [0.1, 0.15) is 18.5 Å². The summed E-state index contributed by atoms with van der Waals surface area (Å²) in [5.41, 5.74) is 0.699. The van der Waals surface area contributed by atoms with Crippen LogP contribution in [0.2, 0.25) is 5.02 Å². The van der Waals surface area contributed by atoms with Crippen LogP contribution in [0.3, 0.4) is 0 Å². The maximum absolute atomic E-state index is 14.0. The molecule has 0 radical (unpaired) electrons. The van der Waals surface area contributed by atoms with E-state index < -0.39 is 0 Å². The van der Waals surface area contributed by atoms with Crippen molar-refractivity contribution in [3.63, 3.8) is 0 Å². The van der Waals surface area contributed by atoms with Gasteiger partial charge in [0.25, 0.3) is 0 Å². The Labute approximate surface area is 122 Å². The minimum absolute atomic E-state index is 0.0315. The summed E-state index contributed by atoms with van der Waals surface area (Å²) in [4.78, 5) is 1.96. The molecule has 0 saturated carbocycles. The van der Waals surface area contributed by atoms with Gasteiger partial charge < -0.3 is 5.32 Å². The summed E-state index contributed by atoms with van der Waals surface area (Å²) in [6.45, 7) is 1.95. The van der Waals surface area contributed by atoms with Crippen LogP contribution in [-0.4, -0.2) is 7.05 Å². The highest BCUT2D eigenvalue weighted by Crippen LogP contribution is 2.35. The normalized spacial score (nSPS) is 12.4. The van der Waals surface area contributed by atoms with Crippen molar-refractivity contribution in [3.8, 4) is 0 Å². The molecule has 0 aliphatic heterocycles. The fourth-order valence-electron chi connectivity index (χ4n) is 1.80. The molecular weight excluding hydrogens is 281 g/mol. The van der Waals surface area contributed by atoms with E-state index >= 15 is 0 Å². The Kier molecular flexibility index (Phi) is 4.86. The van der Waals surface area contributed by atoms with Crippen LogP contribution < -0.4 is 5.32 Å². The van der Waals surface area contributed by atoms with Gasteiger partial charge in [-0.15, -0.1) is 0 Å². The molecule has 1 unspecified atom stereocenters. The molecular formula is C15H15ClFNS. The zero-order chi connectivity index (χ0) is 13.8. The van der Waals surface area contributed by atoms with E-state index in [0.29, 0.717) is 10.6 Å². The van der Waals surface area contributed by atoms with Crippen molar-refractivity contribution in [3.05, 3.63) is 58.9 Å². The van der Waals surface area contributed by atoms with Gasteiger partial charge in [0.05, 0.1) is 0 Å². The van der Waals surface area contributed by atoms with Crippen molar-refractivity contribution in [1.29, 1.82) is 0 Å². The molecule has 1 nitrogen and oxygen atoms in total. The van der Waals surface area contributed by atoms with Crippen molar-refractivity contribution in [2.75, 3.05) is 7.05 Å². The Morgan fingerprint density at radius 1 is 1.16 bits per heavy atom. The van der Waals surface area contributed by atoms with Gasteiger partial charge in [0.2, 0.25) is 0 Å². The van der Waals surface area contributed by atoms with Gasteiger partial charge in [-0.1, -0.05) is 29.4 Å². The Morgan fingerprint density at radius 3 is 2.47 bits per heavy atom. The molecule has 2 aromatic carbocycles. The molecule has 0 amide bonds. The van der Waals surface area contributed by atoms with Crippen LogP contribution in [0.25, 0.3) is 0 Å². The van der Waals surface area contributed by atoms with Gasteiger partial charge in [0.15, 0.2) is 0 Å². The molecule has 2 rings (SSSR count). The van der Waals surface area contributed by atoms with E-state index in [4.69, 9.17) is 11.6 Å². The third kappa shape index (κ3) is 3.50. The Balaban J connectivity index is 2.34. The number of nitrogens with one attached hydrogen (secondary N) is 1. The second-order valence-electron chi connectivity index (χ2n) is 4.22. The first-order chi connectivity index (χ1) is 9.11. The van der Waals surface area contributed by atoms with Gasteiger partial charge in [-0.05, 0) is 50.4 Å². The molecule has 0 heterocycles. The van der Waals surface area contributed by atoms with E-state index in [1.54, 1.807) is 17.8 Å². The highest BCUT2D eigenvalue weighted by molar-refractivity contribution is 7.99. The molecule has 0 fully saturated rings. The zero-order valence-corrected chi connectivity index (χ0v) is 12.4. The van der Waals surface area contributed by atoms with Crippen molar-refractivity contribution in [2.24, 2.45) is 0 Å². The summed E-state index contributed by atoms with van der Waals surface area (Å²) in [5, 5.41) is 3.78. The lowest BCUT2D eigenvalue weighted by Gasteiger charge is -2.16. The van der Waals surface area contributed by atoms with Crippen LogP contribution >= 0.6 is 23.4 Å². The lowest BCUT2D eigenvalue weighted by atomic mass is 10.1. The largest absolute Gasteiger partial charge is 0.313 e. The van der Waals surface area contributed by atoms with Crippen LogP contribution in [0.5, 0.6) is 0 Å². The van der Waals surface area contributed by atoms with Crippen LogP contribution in [0, 0.1) is 5.82 Å². The standard InChI is InChI=1S/C15H15ClFNS/c1-10(18-2)15-13(17)4-3-5-14(15)19-12-8-6-11(16)7-9-12/h3-10,18H,1-2H3. The Bertz CT molecular complexity index is 557. The van der Waals surface area contributed by atoms with Crippen LogP contribution in [-0.2, 0) is 0 Å². The number of benzene rings is 2. The van der Waals surface area contributed by atoms with Gasteiger partial charge in [-0.25, -0.2) is 4.39 Å². The van der Waals surface area contributed by atoms with E-state index in [1.165, 1.54) is 6.07 Å². The smallest absolute Gasteiger partial charge is 0.129 e. The summed E-state index contributed by atoms with van der Waals surface area (Å²) in [5.74, 6) is -0.180. The fourth-order valence-corrected chi connectivity index (χ4v) is 2.98. The van der Waals surface area contributed by atoms with Gasteiger partial charge in [-0.2, -0.15) is 0 Å². The van der Waals surface area contributed by atoms with Gasteiger partial charge >= 0.3 is 0 Å². The molecule has 0 saturated heterocycles. The molecule has 0 aliphatic carbocycles. The number of hydrogen-bond acceptors (Lipinski definition) is 2. The summed E-state index contributed by atoms with van der Waals surface area (Å²) < 4.78 is 14.0. The molecule has 2 aromatic rings. The number of halogens is 2. The zero-order valence-electron chi connectivity index (χ0n) is 10.8. The van der Waals surface area contributed by atoms with E-state index in [0.717, 1.165) is 9.79 Å². The maximum atomic E-state index is 14.0. The quantitative estimate of drug-likeness (QED) is 0.860. The minimum atomic E-state index is -0.180. The van der Waals surface area contributed by atoms with Crippen molar-refractivity contribution < 1.29 is 4.39 Å². The summed E-state index contributed by atoms with van der Waals surface area (Å²) >= 11 is 7.41. The minimum Gasteiger partial charge on any atom is -0.313 e. The Morgan fingerprint density at radius 2 is 1.84 bits per heavy atom. The van der Waals surface area contributed by atoms with E-state index in [-0.39, 0.29) is 11.9 Å².